The van der Waals surface area contributed by atoms with E-state index in [0.717, 1.165) is 25.7 Å². The minimum Gasteiger partial charge on any atom is -0.466 e. The van der Waals surface area contributed by atoms with E-state index in [-0.39, 0.29) is 18.4 Å². The summed E-state index contributed by atoms with van der Waals surface area (Å²) < 4.78 is 15.1. The highest BCUT2D eigenvalue weighted by Gasteiger charge is 2.17. The van der Waals surface area contributed by atoms with Crippen molar-refractivity contribution in [3.63, 3.8) is 0 Å². The van der Waals surface area contributed by atoms with Gasteiger partial charge in [-0.05, 0) is 25.7 Å². The highest BCUT2D eigenvalue weighted by molar-refractivity contribution is 5.71. The SMILES string of the molecule is CCCCCCOC(=O)CC(CCCCOC(C)=O)OC(C)=O. The number of carbonyl (C=O) groups excluding carboxylic acids is 3. The van der Waals surface area contributed by atoms with E-state index < -0.39 is 12.1 Å². The smallest absolute Gasteiger partial charge is 0.309 e. The van der Waals surface area contributed by atoms with E-state index in [1.807, 2.05) is 0 Å². The maximum absolute atomic E-state index is 11.8. The number of ether oxygens (including phenoxy) is 3. The minimum atomic E-state index is -0.479. The predicted octanol–water partition coefficient (Wildman–Crippen LogP) is 3.17. The Balaban J connectivity index is 3.95. The van der Waals surface area contributed by atoms with Crippen LogP contribution >= 0.6 is 0 Å². The fourth-order valence-corrected chi connectivity index (χ4v) is 2.09. The highest BCUT2D eigenvalue weighted by Crippen LogP contribution is 2.11. The molecule has 1 unspecified atom stereocenters. The summed E-state index contributed by atoms with van der Waals surface area (Å²) in [6.07, 6.45) is 5.69. The normalized spacial score (nSPS) is 11.6. The molecule has 0 heterocycles. The van der Waals surface area contributed by atoms with Crippen molar-refractivity contribution in [1.82, 2.24) is 0 Å². The molecule has 0 aromatic carbocycles. The van der Waals surface area contributed by atoms with Crippen molar-refractivity contribution in [2.75, 3.05) is 13.2 Å². The third-order valence-electron chi connectivity index (χ3n) is 3.21. The Hall–Kier alpha value is -1.59. The molecule has 23 heavy (non-hydrogen) atoms. The monoisotopic (exact) mass is 330 g/mol. The molecule has 0 rings (SSSR count). The van der Waals surface area contributed by atoms with Crippen molar-refractivity contribution in [1.29, 1.82) is 0 Å². The van der Waals surface area contributed by atoms with Crippen LogP contribution in [0.25, 0.3) is 0 Å². The Bertz CT molecular complexity index is 353. The number of carbonyl (C=O) groups is 3. The summed E-state index contributed by atoms with van der Waals surface area (Å²) in [5, 5.41) is 0. The average Bonchev–Trinajstić information content (AvgIpc) is 2.45. The molecule has 0 saturated heterocycles. The molecule has 0 bridgehead atoms. The van der Waals surface area contributed by atoms with Crippen LogP contribution in [0.1, 0.15) is 72.1 Å². The fourth-order valence-electron chi connectivity index (χ4n) is 2.09. The molecule has 0 saturated carbocycles. The lowest BCUT2D eigenvalue weighted by molar-refractivity contribution is -0.153. The van der Waals surface area contributed by atoms with Gasteiger partial charge in [-0.25, -0.2) is 0 Å². The van der Waals surface area contributed by atoms with Gasteiger partial charge in [0.1, 0.15) is 6.10 Å². The first-order valence-corrected chi connectivity index (χ1v) is 8.41. The molecular formula is C17H30O6. The number of rotatable bonds is 13. The predicted molar refractivity (Wildman–Crippen MR) is 85.8 cm³/mol. The third-order valence-corrected chi connectivity index (χ3v) is 3.21. The van der Waals surface area contributed by atoms with Crippen LogP contribution in [0.5, 0.6) is 0 Å². The quantitative estimate of drug-likeness (QED) is 0.293. The highest BCUT2D eigenvalue weighted by atomic mass is 16.6. The first kappa shape index (κ1) is 21.4. The van der Waals surface area contributed by atoms with Crippen LogP contribution in [-0.4, -0.2) is 37.2 Å². The van der Waals surface area contributed by atoms with Gasteiger partial charge in [-0.3, -0.25) is 14.4 Å². The van der Waals surface area contributed by atoms with Crippen LogP contribution in [0, 0.1) is 0 Å². The van der Waals surface area contributed by atoms with Gasteiger partial charge in [0.25, 0.3) is 0 Å². The zero-order valence-corrected chi connectivity index (χ0v) is 14.6. The van der Waals surface area contributed by atoms with Gasteiger partial charge in [0.05, 0.1) is 19.6 Å². The molecule has 0 fully saturated rings. The molecule has 0 N–H and O–H groups in total. The Morgan fingerprint density at radius 1 is 0.826 bits per heavy atom. The molecule has 134 valence electrons. The van der Waals surface area contributed by atoms with Crippen LogP contribution in [0.2, 0.25) is 0 Å². The molecule has 0 spiro atoms. The summed E-state index contributed by atoms with van der Waals surface area (Å²) in [4.78, 5) is 33.5. The Morgan fingerprint density at radius 2 is 1.48 bits per heavy atom. The average molecular weight is 330 g/mol. The van der Waals surface area contributed by atoms with Gasteiger partial charge in [-0.2, -0.15) is 0 Å². The van der Waals surface area contributed by atoms with Crippen LogP contribution in [-0.2, 0) is 28.6 Å². The zero-order chi connectivity index (χ0) is 17.5. The Morgan fingerprint density at radius 3 is 2.09 bits per heavy atom. The van der Waals surface area contributed by atoms with Gasteiger partial charge in [0.15, 0.2) is 0 Å². The lowest BCUT2D eigenvalue weighted by atomic mass is 10.1. The van der Waals surface area contributed by atoms with Crippen molar-refractivity contribution in [3.8, 4) is 0 Å². The van der Waals surface area contributed by atoms with E-state index in [0.29, 0.717) is 32.5 Å². The maximum atomic E-state index is 11.8. The summed E-state index contributed by atoms with van der Waals surface area (Å²) in [6.45, 7) is 5.55. The molecule has 0 amide bonds. The van der Waals surface area contributed by atoms with Crippen molar-refractivity contribution in [2.24, 2.45) is 0 Å². The van der Waals surface area contributed by atoms with E-state index in [1.54, 1.807) is 0 Å². The number of hydrogen-bond donors (Lipinski definition) is 0. The largest absolute Gasteiger partial charge is 0.466 e. The lowest BCUT2D eigenvalue weighted by Gasteiger charge is -2.16. The van der Waals surface area contributed by atoms with Crippen LogP contribution < -0.4 is 0 Å². The summed E-state index contributed by atoms with van der Waals surface area (Å²) >= 11 is 0. The molecule has 0 radical (unpaired) electrons. The molecule has 1 atom stereocenters. The summed E-state index contributed by atoms with van der Waals surface area (Å²) in [6, 6.07) is 0. The molecule has 6 heteroatoms. The summed E-state index contributed by atoms with van der Waals surface area (Å²) in [5.41, 5.74) is 0. The first-order valence-electron chi connectivity index (χ1n) is 8.41. The van der Waals surface area contributed by atoms with Gasteiger partial charge in [0.2, 0.25) is 0 Å². The molecule has 0 aliphatic carbocycles. The van der Waals surface area contributed by atoms with Gasteiger partial charge < -0.3 is 14.2 Å². The van der Waals surface area contributed by atoms with Crippen LogP contribution in [0.4, 0.5) is 0 Å². The molecule has 0 aliphatic rings. The first-order chi connectivity index (χ1) is 11.0. The standard InChI is InChI=1S/C17H30O6/c1-4-5-6-8-12-22-17(20)13-16(23-15(3)19)10-7-9-11-21-14(2)18/h16H,4-13H2,1-3H3. The van der Waals surface area contributed by atoms with Crippen LogP contribution in [0.15, 0.2) is 0 Å². The topological polar surface area (TPSA) is 78.9 Å². The number of esters is 3. The summed E-state index contributed by atoms with van der Waals surface area (Å²) in [5.74, 6) is -1.06. The van der Waals surface area contributed by atoms with Gasteiger partial charge >= 0.3 is 17.9 Å². The molecule has 0 aromatic heterocycles. The van der Waals surface area contributed by atoms with E-state index in [9.17, 15) is 14.4 Å². The second-order valence-corrected chi connectivity index (χ2v) is 5.55. The Kier molecular flexibility index (Phi) is 13.1. The maximum Gasteiger partial charge on any atom is 0.309 e. The van der Waals surface area contributed by atoms with E-state index in [2.05, 4.69) is 6.92 Å². The molecule has 0 aliphatic heterocycles. The summed E-state index contributed by atoms with van der Waals surface area (Å²) in [7, 11) is 0. The van der Waals surface area contributed by atoms with E-state index in [4.69, 9.17) is 14.2 Å². The zero-order valence-electron chi connectivity index (χ0n) is 14.6. The van der Waals surface area contributed by atoms with Crippen molar-refractivity contribution >= 4 is 17.9 Å². The molecule has 6 nitrogen and oxygen atoms in total. The lowest BCUT2D eigenvalue weighted by Crippen LogP contribution is -2.22. The van der Waals surface area contributed by atoms with Crippen molar-refractivity contribution < 1.29 is 28.6 Å². The van der Waals surface area contributed by atoms with Crippen LogP contribution in [0.3, 0.4) is 0 Å². The molecular weight excluding hydrogens is 300 g/mol. The molecule has 0 aromatic rings. The Labute approximate surface area is 138 Å². The van der Waals surface area contributed by atoms with E-state index >= 15 is 0 Å². The van der Waals surface area contributed by atoms with Gasteiger partial charge in [-0.1, -0.05) is 26.2 Å². The van der Waals surface area contributed by atoms with Crippen molar-refractivity contribution in [3.05, 3.63) is 0 Å². The van der Waals surface area contributed by atoms with Gasteiger partial charge in [-0.15, -0.1) is 0 Å². The second kappa shape index (κ2) is 14.0. The van der Waals surface area contributed by atoms with E-state index in [1.165, 1.54) is 13.8 Å². The second-order valence-electron chi connectivity index (χ2n) is 5.55. The van der Waals surface area contributed by atoms with Gasteiger partial charge in [0, 0.05) is 13.8 Å². The fraction of sp³-hybridized carbons (Fsp3) is 0.824. The number of hydrogen-bond acceptors (Lipinski definition) is 6. The third kappa shape index (κ3) is 15.1. The minimum absolute atomic E-state index is 0.0704. The van der Waals surface area contributed by atoms with Crippen molar-refractivity contribution in [2.45, 2.75) is 78.2 Å². The number of unbranched alkanes of at least 4 members (excludes halogenated alkanes) is 4.